The van der Waals surface area contributed by atoms with Crippen LogP contribution in [0.2, 0.25) is 10.0 Å². The highest BCUT2D eigenvalue weighted by Crippen LogP contribution is 2.29. The fraction of sp³-hybridized carbons (Fsp3) is 0.182. The van der Waals surface area contributed by atoms with Crippen LogP contribution in [0.5, 0.6) is 0 Å². The van der Waals surface area contributed by atoms with E-state index in [4.69, 9.17) is 28.9 Å². The zero-order valence-electron chi connectivity index (χ0n) is 9.81. The molecule has 1 aromatic carbocycles. The maximum atomic E-state index is 11.9. The number of benzene rings is 1. The summed E-state index contributed by atoms with van der Waals surface area (Å²) in [6.45, 7) is 0.271. The number of rotatable bonds is 4. The Labute approximate surface area is 119 Å². The summed E-state index contributed by atoms with van der Waals surface area (Å²) < 4.78 is 1.42. The molecule has 6 nitrogen and oxygen atoms in total. The number of carbonyl (C=O) groups excluding carboxylic acids is 1. The molecule has 0 aliphatic rings. The molecule has 8 heteroatoms. The first-order valence-electron chi connectivity index (χ1n) is 5.43. The third-order valence-electron chi connectivity index (χ3n) is 2.43. The van der Waals surface area contributed by atoms with Crippen molar-refractivity contribution in [1.82, 2.24) is 15.0 Å². The molecule has 0 saturated carbocycles. The van der Waals surface area contributed by atoms with Crippen molar-refractivity contribution in [3.8, 4) is 0 Å². The van der Waals surface area contributed by atoms with Gasteiger partial charge in [0.15, 0.2) is 0 Å². The molecule has 0 atom stereocenters. The molecule has 0 bridgehead atoms. The predicted octanol–water partition coefficient (Wildman–Crippen LogP) is 1.68. The van der Waals surface area contributed by atoms with Gasteiger partial charge in [0.2, 0.25) is 5.91 Å². The number of hydrogen-bond donors (Lipinski definition) is 2. The van der Waals surface area contributed by atoms with Gasteiger partial charge in [0.1, 0.15) is 6.54 Å². The largest absolute Gasteiger partial charge is 0.325 e. The molecule has 2 rings (SSSR count). The minimum atomic E-state index is -0.288. The van der Waals surface area contributed by atoms with E-state index in [1.165, 1.54) is 10.9 Å². The second-order valence-electron chi connectivity index (χ2n) is 3.74. The number of nitrogens with two attached hydrogens (primary N) is 1. The molecule has 0 spiro atoms. The summed E-state index contributed by atoms with van der Waals surface area (Å²) in [7, 11) is 0. The molecule has 1 heterocycles. The SMILES string of the molecule is NCc1cnnn1CC(=O)Nc1cccc(Cl)c1Cl. The summed E-state index contributed by atoms with van der Waals surface area (Å²) in [4.78, 5) is 11.9. The average Bonchev–Trinajstić information content (AvgIpc) is 2.82. The molecule has 0 saturated heterocycles. The van der Waals surface area contributed by atoms with E-state index in [2.05, 4.69) is 15.6 Å². The molecule has 0 unspecified atom stereocenters. The Morgan fingerprint density at radius 1 is 1.42 bits per heavy atom. The van der Waals surface area contributed by atoms with Crippen molar-refractivity contribution >= 4 is 34.8 Å². The highest BCUT2D eigenvalue weighted by Gasteiger charge is 2.11. The van der Waals surface area contributed by atoms with Crippen LogP contribution in [0.15, 0.2) is 24.4 Å². The Kier molecular flexibility index (Phi) is 4.36. The molecule has 100 valence electrons. The minimum Gasteiger partial charge on any atom is -0.325 e. The van der Waals surface area contributed by atoms with E-state index in [-0.39, 0.29) is 19.0 Å². The first-order valence-corrected chi connectivity index (χ1v) is 6.18. The van der Waals surface area contributed by atoms with Crippen molar-refractivity contribution in [2.75, 3.05) is 5.32 Å². The van der Waals surface area contributed by atoms with Gasteiger partial charge in [-0.1, -0.05) is 34.5 Å². The van der Waals surface area contributed by atoms with Crippen molar-refractivity contribution in [1.29, 1.82) is 0 Å². The number of anilines is 1. The Bertz CT molecular complexity index is 599. The molecular weight excluding hydrogens is 289 g/mol. The fourth-order valence-electron chi connectivity index (χ4n) is 1.50. The van der Waals surface area contributed by atoms with Crippen molar-refractivity contribution in [3.05, 3.63) is 40.1 Å². The summed E-state index contributed by atoms with van der Waals surface area (Å²) in [5.74, 6) is -0.288. The van der Waals surface area contributed by atoms with E-state index in [9.17, 15) is 4.79 Å². The van der Waals surface area contributed by atoms with Crippen LogP contribution in [0.1, 0.15) is 5.69 Å². The van der Waals surface area contributed by atoms with Gasteiger partial charge in [0.25, 0.3) is 0 Å². The number of nitrogens with one attached hydrogen (secondary N) is 1. The van der Waals surface area contributed by atoms with Crippen LogP contribution in [0, 0.1) is 0 Å². The monoisotopic (exact) mass is 299 g/mol. The number of halogens is 2. The second-order valence-corrected chi connectivity index (χ2v) is 4.52. The lowest BCUT2D eigenvalue weighted by atomic mass is 10.3. The van der Waals surface area contributed by atoms with E-state index >= 15 is 0 Å². The van der Waals surface area contributed by atoms with Crippen LogP contribution in [0.3, 0.4) is 0 Å². The first-order chi connectivity index (χ1) is 9.11. The summed E-state index contributed by atoms with van der Waals surface area (Å²) in [6.07, 6.45) is 1.51. The van der Waals surface area contributed by atoms with E-state index in [0.717, 1.165) is 0 Å². The number of hydrogen-bond acceptors (Lipinski definition) is 4. The van der Waals surface area contributed by atoms with Crippen molar-refractivity contribution in [3.63, 3.8) is 0 Å². The Balaban J connectivity index is 2.08. The van der Waals surface area contributed by atoms with Gasteiger partial charge in [-0.2, -0.15) is 0 Å². The lowest BCUT2D eigenvalue weighted by Gasteiger charge is -2.09. The Hall–Kier alpha value is -1.63. The van der Waals surface area contributed by atoms with Gasteiger partial charge in [0, 0.05) is 6.54 Å². The maximum absolute atomic E-state index is 11.9. The van der Waals surface area contributed by atoms with E-state index in [1.54, 1.807) is 18.2 Å². The molecule has 1 amide bonds. The summed E-state index contributed by atoms with van der Waals surface area (Å²) in [5, 5.41) is 10.8. The number of aromatic nitrogens is 3. The highest BCUT2D eigenvalue weighted by atomic mass is 35.5. The molecule has 0 radical (unpaired) electrons. The summed E-state index contributed by atoms with van der Waals surface area (Å²) in [6, 6.07) is 5.01. The van der Waals surface area contributed by atoms with Crippen molar-refractivity contribution < 1.29 is 4.79 Å². The third-order valence-corrected chi connectivity index (χ3v) is 3.24. The van der Waals surface area contributed by atoms with Crippen LogP contribution in [-0.4, -0.2) is 20.9 Å². The highest BCUT2D eigenvalue weighted by molar-refractivity contribution is 6.43. The van der Waals surface area contributed by atoms with Crippen LogP contribution >= 0.6 is 23.2 Å². The van der Waals surface area contributed by atoms with Gasteiger partial charge < -0.3 is 11.1 Å². The predicted molar refractivity (Wildman–Crippen MR) is 73.0 cm³/mol. The van der Waals surface area contributed by atoms with Gasteiger partial charge in [-0.3, -0.25) is 4.79 Å². The average molecular weight is 300 g/mol. The molecule has 3 N–H and O–H groups in total. The van der Waals surface area contributed by atoms with Gasteiger partial charge in [-0.25, -0.2) is 4.68 Å². The molecule has 0 aliphatic heterocycles. The van der Waals surface area contributed by atoms with Crippen molar-refractivity contribution in [2.24, 2.45) is 5.73 Å². The van der Waals surface area contributed by atoms with Crippen LogP contribution in [0.4, 0.5) is 5.69 Å². The van der Waals surface area contributed by atoms with Crippen molar-refractivity contribution in [2.45, 2.75) is 13.1 Å². The topological polar surface area (TPSA) is 85.8 Å². The smallest absolute Gasteiger partial charge is 0.246 e. The lowest BCUT2D eigenvalue weighted by molar-refractivity contribution is -0.117. The molecule has 19 heavy (non-hydrogen) atoms. The summed E-state index contributed by atoms with van der Waals surface area (Å²) >= 11 is 11.8. The van der Waals surface area contributed by atoms with Crippen LogP contribution < -0.4 is 11.1 Å². The number of carbonyl (C=O) groups is 1. The van der Waals surface area contributed by atoms with Crippen LogP contribution in [-0.2, 0) is 17.9 Å². The zero-order valence-corrected chi connectivity index (χ0v) is 11.3. The van der Waals surface area contributed by atoms with Gasteiger partial charge in [-0.15, -0.1) is 5.10 Å². The Morgan fingerprint density at radius 3 is 2.95 bits per heavy atom. The normalized spacial score (nSPS) is 10.5. The van der Waals surface area contributed by atoms with Gasteiger partial charge >= 0.3 is 0 Å². The van der Waals surface area contributed by atoms with Gasteiger partial charge in [0.05, 0.1) is 27.6 Å². The van der Waals surface area contributed by atoms with E-state index < -0.39 is 0 Å². The number of nitrogens with zero attached hydrogens (tertiary/aromatic N) is 3. The quantitative estimate of drug-likeness (QED) is 0.899. The first kappa shape index (κ1) is 13.8. The minimum absolute atomic E-state index is 0.00930. The molecular formula is C11H11Cl2N5O. The molecule has 0 aliphatic carbocycles. The molecule has 2 aromatic rings. The standard InChI is InChI=1S/C11H11Cl2N5O/c12-8-2-1-3-9(11(8)13)16-10(19)6-18-7(4-14)5-15-17-18/h1-3,5H,4,6,14H2,(H,16,19). The summed E-state index contributed by atoms with van der Waals surface area (Å²) in [5.41, 5.74) is 6.62. The lowest BCUT2D eigenvalue weighted by Crippen LogP contribution is -2.22. The maximum Gasteiger partial charge on any atom is 0.246 e. The van der Waals surface area contributed by atoms with Gasteiger partial charge in [-0.05, 0) is 12.1 Å². The second kappa shape index (κ2) is 6.01. The number of amides is 1. The van der Waals surface area contributed by atoms with Crippen LogP contribution in [0.25, 0.3) is 0 Å². The molecule has 1 aromatic heterocycles. The Morgan fingerprint density at radius 2 is 2.21 bits per heavy atom. The molecule has 0 fully saturated rings. The third kappa shape index (κ3) is 3.23. The van der Waals surface area contributed by atoms with E-state index in [0.29, 0.717) is 21.4 Å². The zero-order chi connectivity index (χ0) is 13.8. The fourth-order valence-corrected chi connectivity index (χ4v) is 1.84. The van der Waals surface area contributed by atoms with E-state index in [1.807, 2.05) is 0 Å².